The molecule has 1 heterocycles. The highest BCUT2D eigenvalue weighted by Crippen LogP contribution is 2.37. The first-order valence-electron chi connectivity index (χ1n) is 5.86. The van der Waals surface area contributed by atoms with E-state index in [1.165, 1.54) is 28.4 Å². The third kappa shape index (κ3) is 2.11. The van der Waals surface area contributed by atoms with Crippen molar-refractivity contribution in [2.24, 2.45) is 0 Å². The molecule has 0 aromatic heterocycles. The molecule has 3 heteroatoms. The number of benzene rings is 1. The minimum atomic E-state index is 0.471. The molecule has 1 unspecified atom stereocenters. The third-order valence-corrected chi connectivity index (χ3v) is 3.86. The van der Waals surface area contributed by atoms with E-state index < -0.39 is 0 Å². The smallest absolute Gasteiger partial charge is 0.122 e. The molecular weight excluding hydrogens is 266 g/mol. The minimum Gasteiger partial charge on any atom is -0.496 e. The Morgan fingerprint density at radius 2 is 2.31 bits per heavy atom. The normalized spacial score (nSPS) is 19.3. The molecule has 0 amide bonds. The van der Waals surface area contributed by atoms with E-state index in [2.05, 4.69) is 40.3 Å². The van der Waals surface area contributed by atoms with Crippen LogP contribution in [-0.2, 0) is 6.42 Å². The first kappa shape index (κ1) is 11.9. The van der Waals surface area contributed by atoms with E-state index in [1.807, 2.05) is 0 Å². The fourth-order valence-corrected chi connectivity index (χ4v) is 3.10. The Morgan fingerprint density at radius 3 is 3.00 bits per heavy atom. The minimum absolute atomic E-state index is 0.471. The zero-order valence-corrected chi connectivity index (χ0v) is 11.4. The van der Waals surface area contributed by atoms with Crippen LogP contribution in [0.4, 0.5) is 0 Å². The van der Waals surface area contributed by atoms with E-state index in [0.29, 0.717) is 6.04 Å². The third-order valence-electron chi connectivity index (χ3n) is 3.17. The van der Waals surface area contributed by atoms with E-state index in [0.717, 1.165) is 18.7 Å². The number of methoxy groups -OCH3 is 1. The van der Waals surface area contributed by atoms with Gasteiger partial charge in [-0.15, -0.1) is 0 Å². The summed E-state index contributed by atoms with van der Waals surface area (Å²) in [5.41, 5.74) is 2.77. The number of rotatable bonds is 3. The molecule has 1 atom stereocenters. The molecule has 0 saturated carbocycles. The van der Waals surface area contributed by atoms with Gasteiger partial charge in [-0.2, -0.15) is 0 Å². The summed E-state index contributed by atoms with van der Waals surface area (Å²) in [6.07, 6.45) is 3.43. The van der Waals surface area contributed by atoms with E-state index in [9.17, 15) is 0 Å². The van der Waals surface area contributed by atoms with Gasteiger partial charge in [0.15, 0.2) is 0 Å². The van der Waals surface area contributed by atoms with Crippen LogP contribution >= 0.6 is 15.9 Å². The molecule has 1 aromatic carbocycles. The van der Waals surface area contributed by atoms with Crippen molar-refractivity contribution in [3.05, 3.63) is 27.7 Å². The molecule has 0 bridgehead atoms. The van der Waals surface area contributed by atoms with Gasteiger partial charge in [0.2, 0.25) is 0 Å². The lowest BCUT2D eigenvalue weighted by molar-refractivity contribution is 0.396. The van der Waals surface area contributed by atoms with Crippen molar-refractivity contribution in [2.45, 2.75) is 32.2 Å². The topological polar surface area (TPSA) is 21.3 Å². The van der Waals surface area contributed by atoms with Crippen molar-refractivity contribution < 1.29 is 4.74 Å². The van der Waals surface area contributed by atoms with Crippen LogP contribution in [-0.4, -0.2) is 13.7 Å². The number of halogens is 1. The van der Waals surface area contributed by atoms with Crippen LogP contribution in [0.3, 0.4) is 0 Å². The SMILES string of the molecule is CCCC1NCCc2c(OC)ccc(Br)c21. The fourth-order valence-electron chi connectivity index (χ4n) is 2.45. The standard InChI is InChI=1S/C13H18BrNO/c1-3-4-11-13-9(7-8-15-11)12(16-2)6-5-10(13)14/h5-6,11,15H,3-4,7-8H2,1-2H3. The van der Waals surface area contributed by atoms with Gasteiger partial charge < -0.3 is 10.1 Å². The summed E-state index contributed by atoms with van der Waals surface area (Å²) in [4.78, 5) is 0. The number of ether oxygens (including phenoxy) is 1. The summed E-state index contributed by atoms with van der Waals surface area (Å²) in [5.74, 6) is 1.03. The average Bonchev–Trinajstić information content (AvgIpc) is 2.30. The average molecular weight is 284 g/mol. The summed E-state index contributed by atoms with van der Waals surface area (Å²) in [5, 5.41) is 3.58. The van der Waals surface area contributed by atoms with Crippen LogP contribution in [0.2, 0.25) is 0 Å². The lowest BCUT2D eigenvalue weighted by Crippen LogP contribution is -2.30. The molecule has 0 radical (unpaired) electrons. The molecule has 16 heavy (non-hydrogen) atoms. The Bertz CT molecular complexity index is 378. The molecule has 1 aromatic rings. The molecule has 2 rings (SSSR count). The first-order valence-corrected chi connectivity index (χ1v) is 6.65. The molecule has 0 fully saturated rings. The zero-order valence-electron chi connectivity index (χ0n) is 9.85. The van der Waals surface area contributed by atoms with Crippen LogP contribution in [0.5, 0.6) is 5.75 Å². The van der Waals surface area contributed by atoms with Gasteiger partial charge in [0.05, 0.1) is 7.11 Å². The predicted molar refractivity (Wildman–Crippen MR) is 70.0 cm³/mol. The summed E-state index contributed by atoms with van der Waals surface area (Å²) in [6.45, 7) is 3.27. The fraction of sp³-hybridized carbons (Fsp3) is 0.538. The predicted octanol–water partition coefficient (Wildman–Crippen LogP) is 3.44. The summed E-state index contributed by atoms with van der Waals surface area (Å²) >= 11 is 3.66. The van der Waals surface area contributed by atoms with Crippen molar-refractivity contribution in [1.29, 1.82) is 0 Å². The lowest BCUT2D eigenvalue weighted by Gasteiger charge is -2.29. The molecule has 0 aliphatic carbocycles. The molecular formula is C13H18BrNO. The van der Waals surface area contributed by atoms with Gasteiger partial charge in [0.1, 0.15) is 5.75 Å². The summed E-state index contributed by atoms with van der Waals surface area (Å²) in [6, 6.07) is 4.61. The number of nitrogens with one attached hydrogen (secondary N) is 1. The molecule has 88 valence electrons. The van der Waals surface area contributed by atoms with Crippen molar-refractivity contribution in [3.63, 3.8) is 0 Å². The molecule has 0 saturated heterocycles. The maximum absolute atomic E-state index is 5.45. The van der Waals surface area contributed by atoms with Crippen molar-refractivity contribution in [3.8, 4) is 5.75 Å². The monoisotopic (exact) mass is 283 g/mol. The zero-order chi connectivity index (χ0) is 11.5. The Hall–Kier alpha value is -0.540. The maximum atomic E-state index is 5.45. The first-order chi connectivity index (χ1) is 7.77. The van der Waals surface area contributed by atoms with Gasteiger partial charge in [-0.1, -0.05) is 29.3 Å². The molecule has 1 aliphatic heterocycles. The highest BCUT2D eigenvalue weighted by atomic mass is 79.9. The van der Waals surface area contributed by atoms with Crippen LogP contribution < -0.4 is 10.1 Å². The molecule has 2 nitrogen and oxygen atoms in total. The second kappa shape index (κ2) is 5.19. The largest absolute Gasteiger partial charge is 0.496 e. The number of fused-ring (bicyclic) bond motifs is 1. The Morgan fingerprint density at radius 1 is 1.50 bits per heavy atom. The van der Waals surface area contributed by atoms with Gasteiger partial charge >= 0.3 is 0 Å². The van der Waals surface area contributed by atoms with Gasteiger partial charge in [-0.05, 0) is 37.1 Å². The summed E-state index contributed by atoms with van der Waals surface area (Å²) < 4.78 is 6.65. The van der Waals surface area contributed by atoms with Crippen LogP contribution in [0, 0.1) is 0 Å². The van der Waals surface area contributed by atoms with Crippen molar-refractivity contribution in [2.75, 3.05) is 13.7 Å². The number of hydrogen-bond acceptors (Lipinski definition) is 2. The van der Waals surface area contributed by atoms with Gasteiger partial charge in [-0.25, -0.2) is 0 Å². The second-order valence-corrected chi connectivity index (χ2v) is 5.04. The van der Waals surface area contributed by atoms with Gasteiger partial charge in [-0.3, -0.25) is 0 Å². The van der Waals surface area contributed by atoms with Crippen LogP contribution in [0.1, 0.15) is 36.9 Å². The molecule has 1 aliphatic rings. The second-order valence-electron chi connectivity index (χ2n) is 4.19. The van der Waals surface area contributed by atoms with Gasteiger partial charge in [0.25, 0.3) is 0 Å². The van der Waals surface area contributed by atoms with Crippen LogP contribution in [0.15, 0.2) is 16.6 Å². The van der Waals surface area contributed by atoms with Crippen LogP contribution in [0.25, 0.3) is 0 Å². The van der Waals surface area contributed by atoms with Crippen molar-refractivity contribution >= 4 is 15.9 Å². The van der Waals surface area contributed by atoms with E-state index >= 15 is 0 Å². The maximum Gasteiger partial charge on any atom is 0.122 e. The van der Waals surface area contributed by atoms with E-state index in [-0.39, 0.29) is 0 Å². The Balaban J connectivity index is 2.45. The van der Waals surface area contributed by atoms with Gasteiger partial charge in [0, 0.05) is 16.1 Å². The Labute approximate surface area is 106 Å². The van der Waals surface area contributed by atoms with E-state index in [1.54, 1.807) is 7.11 Å². The lowest BCUT2D eigenvalue weighted by atomic mass is 9.91. The highest BCUT2D eigenvalue weighted by molar-refractivity contribution is 9.10. The summed E-state index contributed by atoms with van der Waals surface area (Å²) in [7, 11) is 1.75. The van der Waals surface area contributed by atoms with E-state index in [4.69, 9.17) is 4.74 Å². The van der Waals surface area contributed by atoms with Crippen molar-refractivity contribution in [1.82, 2.24) is 5.32 Å². The quantitative estimate of drug-likeness (QED) is 0.918. The molecule has 1 N–H and O–H groups in total. The number of hydrogen-bond donors (Lipinski definition) is 1. The Kier molecular flexibility index (Phi) is 3.87. The highest BCUT2D eigenvalue weighted by Gasteiger charge is 2.24. The molecule has 0 spiro atoms.